The number of alkyl carbamates (subject to hydrolysis) is 1. The molecular weight excluding hydrogens is 576 g/mol. The Hall–Kier alpha value is -3.36. The number of ether oxygens (including phenoxy) is 2. The summed E-state index contributed by atoms with van der Waals surface area (Å²) in [4.78, 5) is 72.1. The molecule has 13 nitrogen and oxygen atoms in total. The average molecular weight is 623 g/mol. The average Bonchev–Trinajstić information content (AvgIpc) is 2.98. The Labute approximate surface area is 259 Å². The smallest absolute Gasteiger partial charge is 0.409 e. The minimum absolute atomic E-state index is 0.0224. The molecule has 0 aromatic heterocycles. The highest BCUT2D eigenvalue weighted by Gasteiger charge is 2.37. The zero-order valence-corrected chi connectivity index (χ0v) is 25.7. The Balaban J connectivity index is 1.84. The van der Waals surface area contributed by atoms with Gasteiger partial charge in [-0.15, -0.1) is 6.58 Å². The Morgan fingerprint density at radius 2 is 1.59 bits per heavy atom. The van der Waals surface area contributed by atoms with Gasteiger partial charge >= 0.3 is 12.1 Å². The number of esters is 1. The van der Waals surface area contributed by atoms with E-state index < -0.39 is 36.5 Å². The van der Waals surface area contributed by atoms with Crippen LogP contribution >= 0.6 is 0 Å². The summed E-state index contributed by atoms with van der Waals surface area (Å²) in [6, 6.07) is 0. The van der Waals surface area contributed by atoms with Crippen LogP contribution < -0.4 is 5.32 Å². The summed E-state index contributed by atoms with van der Waals surface area (Å²) in [7, 11) is 0. The van der Waals surface area contributed by atoms with Crippen molar-refractivity contribution in [1.29, 1.82) is 0 Å². The molecule has 44 heavy (non-hydrogen) atoms. The molecule has 0 bridgehead atoms. The van der Waals surface area contributed by atoms with E-state index in [1.54, 1.807) is 13.0 Å². The number of ketones is 1. The van der Waals surface area contributed by atoms with Gasteiger partial charge in [0.05, 0.1) is 6.61 Å². The van der Waals surface area contributed by atoms with Crippen LogP contribution in [0.5, 0.6) is 0 Å². The zero-order valence-electron chi connectivity index (χ0n) is 25.7. The van der Waals surface area contributed by atoms with Gasteiger partial charge in [-0.1, -0.05) is 31.4 Å². The van der Waals surface area contributed by atoms with Gasteiger partial charge in [-0.05, 0) is 70.3 Å². The summed E-state index contributed by atoms with van der Waals surface area (Å²) in [5, 5.41) is 2.50. The number of amides is 1. The molecule has 6 unspecified atom stereocenters. The molecule has 0 saturated heterocycles. The van der Waals surface area contributed by atoms with E-state index in [0.717, 1.165) is 18.4 Å². The number of nitrogens with one attached hydrogen (secondary N) is 1. The van der Waals surface area contributed by atoms with Crippen molar-refractivity contribution in [2.45, 2.75) is 83.2 Å². The molecule has 0 aromatic carbocycles. The summed E-state index contributed by atoms with van der Waals surface area (Å²) < 4.78 is 11.1. The van der Waals surface area contributed by atoms with E-state index in [1.807, 2.05) is 6.92 Å². The van der Waals surface area contributed by atoms with Crippen LogP contribution in [0.1, 0.15) is 58.8 Å². The second kappa shape index (κ2) is 20.6. The molecule has 246 valence electrons. The van der Waals surface area contributed by atoms with Gasteiger partial charge in [0.15, 0.2) is 5.78 Å². The lowest BCUT2D eigenvalue weighted by molar-refractivity contribution is -0.372. The SMILES string of the molecule is C=CCOOCC1CCC(OC(=O)C(=C)C)C(OC(=O)NCN=COOC2CC(CC(=O)C=C)CCC2OOCC(=C)C)C1. The molecule has 2 aliphatic carbocycles. The van der Waals surface area contributed by atoms with Crippen molar-refractivity contribution < 1.29 is 53.2 Å². The molecule has 0 radical (unpaired) electrons. The summed E-state index contributed by atoms with van der Waals surface area (Å²) >= 11 is 0. The third-order valence-corrected chi connectivity index (χ3v) is 6.94. The van der Waals surface area contributed by atoms with Crippen molar-refractivity contribution in [3.05, 3.63) is 49.6 Å². The number of carbonyl (C=O) groups is 3. The molecule has 0 heterocycles. The largest absolute Gasteiger partial charge is 0.455 e. The molecule has 2 fully saturated rings. The second-order valence-electron chi connectivity index (χ2n) is 11.0. The third kappa shape index (κ3) is 14.4. The Kier molecular flexibility index (Phi) is 17.2. The molecule has 0 aromatic rings. The van der Waals surface area contributed by atoms with Gasteiger partial charge in [0.1, 0.15) is 44.3 Å². The highest BCUT2D eigenvalue weighted by molar-refractivity contribution is 5.89. The maximum atomic E-state index is 12.5. The van der Waals surface area contributed by atoms with Crippen molar-refractivity contribution in [2.24, 2.45) is 16.8 Å². The number of allylic oxidation sites excluding steroid dienone is 1. The van der Waals surface area contributed by atoms with Gasteiger partial charge in [0.2, 0.25) is 6.40 Å². The summed E-state index contributed by atoms with van der Waals surface area (Å²) in [5.74, 6) is -0.495. The predicted molar refractivity (Wildman–Crippen MR) is 160 cm³/mol. The fourth-order valence-electron chi connectivity index (χ4n) is 4.70. The van der Waals surface area contributed by atoms with Crippen LogP contribution in [-0.4, -0.2) is 75.2 Å². The molecule has 2 aliphatic rings. The van der Waals surface area contributed by atoms with Gasteiger partial charge in [-0.3, -0.25) is 4.79 Å². The van der Waals surface area contributed by atoms with E-state index in [2.05, 4.69) is 36.6 Å². The first-order valence-electron chi connectivity index (χ1n) is 14.7. The molecule has 6 atom stereocenters. The fourth-order valence-corrected chi connectivity index (χ4v) is 4.70. The first-order valence-corrected chi connectivity index (χ1v) is 14.7. The number of carbonyl (C=O) groups excluding carboxylic acids is 3. The molecular formula is C31H46N2O11. The zero-order chi connectivity index (χ0) is 32.3. The number of hydrogen-bond acceptors (Lipinski definition) is 12. The topological polar surface area (TPSA) is 149 Å². The van der Waals surface area contributed by atoms with Crippen molar-refractivity contribution in [1.82, 2.24) is 5.32 Å². The lowest BCUT2D eigenvalue weighted by Crippen LogP contribution is -2.43. The van der Waals surface area contributed by atoms with Crippen LogP contribution in [0.15, 0.2) is 54.6 Å². The molecule has 2 rings (SSSR count). The van der Waals surface area contributed by atoms with E-state index in [-0.39, 0.29) is 49.7 Å². The third-order valence-electron chi connectivity index (χ3n) is 6.94. The van der Waals surface area contributed by atoms with Crippen molar-refractivity contribution >= 4 is 24.2 Å². The van der Waals surface area contributed by atoms with Crippen LogP contribution in [0, 0.1) is 11.8 Å². The Morgan fingerprint density at radius 1 is 0.864 bits per heavy atom. The maximum Gasteiger partial charge on any atom is 0.409 e. The van der Waals surface area contributed by atoms with Crippen LogP contribution in [-0.2, 0) is 48.4 Å². The number of rotatable bonds is 20. The van der Waals surface area contributed by atoms with E-state index in [9.17, 15) is 14.4 Å². The summed E-state index contributed by atoms with van der Waals surface area (Å²) in [5.41, 5.74) is 1.05. The van der Waals surface area contributed by atoms with Crippen molar-refractivity contribution in [3.8, 4) is 0 Å². The van der Waals surface area contributed by atoms with Gasteiger partial charge in [-0.2, -0.15) is 4.89 Å². The quantitative estimate of drug-likeness (QED) is 0.0296. The van der Waals surface area contributed by atoms with Crippen LogP contribution in [0.4, 0.5) is 4.79 Å². The molecule has 1 amide bonds. The standard InChI is InChI=1S/C31H46N2O11/c1-7-13-37-38-18-24-10-11-26(41-30(35)22(5)6)28(16-24)42-31(36)33-19-32-20-40-44-29-15-23(14-25(34)8-2)9-12-27(29)43-39-17-21(3)4/h7-8,20,23-24,26-29H,1-3,5,9-19H2,4,6H3,(H,33,36). The first kappa shape index (κ1) is 36.8. The fraction of sp³-hybridized carbons (Fsp3) is 0.613. The highest BCUT2D eigenvalue weighted by Crippen LogP contribution is 2.32. The van der Waals surface area contributed by atoms with E-state index >= 15 is 0 Å². The van der Waals surface area contributed by atoms with Crippen molar-refractivity contribution in [3.63, 3.8) is 0 Å². The summed E-state index contributed by atoms with van der Waals surface area (Å²) in [6.45, 7) is 18.4. The highest BCUT2D eigenvalue weighted by atomic mass is 17.2. The minimum atomic E-state index is -0.751. The monoisotopic (exact) mass is 622 g/mol. The molecule has 2 saturated carbocycles. The van der Waals surface area contributed by atoms with Crippen LogP contribution in [0.3, 0.4) is 0 Å². The molecule has 13 heteroatoms. The lowest BCUT2D eigenvalue weighted by atomic mass is 9.82. The van der Waals surface area contributed by atoms with Gasteiger partial charge in [0.25, 0.3) is 0 Å². The normalized spacial score (nSPS) is 25.0. The van der Waals surface area contributed by atoms with Crippen molar-refractivity contribution in [2.75, 3.05) is 26.5 Å². The number of hydrogen-bond donors (Lipinski definition) is 1. The minimum Gasteiger partial charge on any atom is -0.455 e. The van der Waals surface area contributed by atoms with Gasteiger partial charge < -0.3 is 19.7 Å². The van der Waals surface area contributed by atoms with Crippen LogP contribution in [0.25, 0.3) is 0 Å². The summed E-state index contributed by atoms with van der Waals surface area (Å²) in [6.07, 6.45) is 4.66. The molecule has 0 aliphatic heterocycles. The first-order chi connectivity index (χ1) is 21.1. The van der Waals surface area contributed by atoms with E-state index in [4.69, 9.17) is 38.8 Å². The van der Waals surface area contributed by atoms with E-state index in [1.165, 1.54) is 6.08 Å². The van der Waals surface area contributed by atoms with Crippen LogP contribution in [0.2, 0.25) is 0 Å². The van der Waals surface area contributed by atoms with E-state index in [0.29, 0.717) is 38.5 Å². The van der Waals surface area contributed by atoms with Gasteiger partial charge in [0, 0.05) is 12.0 Å². The molecule has 0 spiro atoms. The Bertz CT molecular complexity index is 1010. The molecule has 1 N–H and O–H groups in total. The lowest BCUT2D eigenvalue weighted by Gasteiger charge is -2.34. The number of nitrogens with zero attached hydrogens (tertiary/aromatic N) is 1. The van der Waals surface area contributed by atoms with Gasteiger partial charge in [-0.25, -0.2) is 34.1 Å². The second-order valence-corrected chi connectivity index (χ2v) is 11.0. The Morgan fingerprint density at radius 3 is 2.30 bits per heavy atom. The maximum absolute atomic E-state index is 12.5. The number of aliphatic imine (C=N–C) groups is 1. The predicted octanol–water partition coefficient (Wildman–Crippen LogP) is 4.64.